The van der Waals surface area contributed by atoms with Gasteiger partial charge in [-0.3, -0.25) is 4.68 Å². The van der Waals surface area contributed by atoms with E-state index in [0.717, 1.165) is 8.77 Å². The van der Waals surface area contributed by atoms with Gasteiger partial charge in [0.2, 0.25) is 0 Å². The fourth-order valence-corrected chi connectivity index (χ4v) is 6.27. The molecule has 0 unspecified atom stereocenters. The van der Waals surface area contributed by atoms with E-state index in [-0.39, 0.29) is 37.3 Å². The number of aliphatic hydroxyl groups is 1. The third-order valence-corrected chi connectivity index (χ3v) is 9.45. The Labute approximate surface area is 255 Å². The van der Waals surface area contributed by atoms with Crippen LogP contribution in [0.4, 0.5) is 34.9 Å². The second-order valence-electron chi connectivity index (χ2n) is 10.9. The minimum absolute atomic E-state index is 0.0884. The lowest BCUT2D eigenvalue weighted by Crippen LogP contribution is -2.44. The maximum atomic E-state index is 14.8. The van der Waals surface area contributed by atoms with Gasteiger partial charge in [0.1, 0.15) is 23.8 Å². The molecule has 4 aromatic rings. The van der Waals surface area contributed by atoms with Gasteiger partial charge in [-0.25, -0.2) is 27.8 Å². The van der Waals surface area contributed by atoms with Gasteiger partial charge < -0.3 is 15.3 Å². The van der Waals surface area contributed by atoms with E-state index in [1.54, 1.807) is 12.1 Å². The predicted molar refractivity (Wildman–Crippen MR) is 155 cm³/mol. The fraction of sp³-hybridized carbons (Fsp3) is 0.393. The third kappa shape index (κ3) is 7.07. The predicted octanol–water partition coefficient (Wildman–Crippen LogP) is 3.28. The molecular weight excluding hydrogens is 618 g/mol. The molecule has 1 saturated heterocycles. The molecule has 2 N–H and O–H groups in total. The first-order valence-electron chi connectivity index (χ1n) is 14.0. The van der Waals surface area contributed by atoms with E-state index in [1.165, 1.54) is 37.2 Å². The Balaban J connectivity index is 1.26. The molecule has 12 nitrogen and oxygen atoms in total. The molecule has 4 aromatic heterocycles. The molecule has 5 heterocycles. The van der Waals surface area contributed by atoms with Crippen molar-refractivity contribution in [1.82, 2.24) is 33.9 Å². The average molecular weight is 646 g/mol. The van der Waals surface area contributed by atoms with Crippen molar-refractivity contribution in [2.45, 2.75) is 49.3 Å². The maximum absolute atomic E-state index is 14.8. The zero-order chi connectivity index (χ0) is 31.8. The highest BCUT2D eigenvalue weighted by Crippen LogP contribution is 2.33. The summed E-state index contributed by atoms with van der Waals surface area (Å²) in [6, 6.07) is 3.30. The second-order valence-corrected chi connectivity index (χ2v) is 13.0. The fourth-order valence-electron chi connectivity index (χ4n) is 4.79. The van der Waals surface area contributed by atoms with Crippen LogP contribution in [0.1, 0.15) is 36.8 Å². The first-order valence-corrected chi connectivity index (χ1v) is 15.5. The summed E-state index contributed by atoms with van der Waals surface area (Å²) >= 11 is 0. The summed E-state index contributed by atoms with van der Waals surface area (Å²) in [5, 5.41) is 19.8. The van der Waals surface area contributed by atoms with Gasteiger partial charge in [-0.15, -0.1) is 0 Å². The van der Waals surface area contributed by atoms with Crippen molar-refractivity contribution in [3.8, 4) is 23.2 Å². The third-order valence-electron chi connectivity index (χ3n) is 7.42. The van der Waals surface area contributed by atoms with Crippen LogP contribution in [-0.2, 0) is 16.6 Å². The first-order chi connectivity index (χ1) is 21.4. The van der Waals surface area contributed by atoms with Crippen LogP contribution in [0.25, 0.3) is 11.4 Å². The number of hydrogen-bond acceptors (Lipinski definition) is 10. The summed E-state index contributed by atoms with van der Waals surface area (Å²) in [7, 11) is -3.55. The normalized spacial score (nSPS) is 16.7. The molecule has 1 aliphatic heterocycles. The van der Waals surface area contributed by atoms with Crippen molar-refractivity contribution in [3.05, 3.63) is 60.4 Å². The highest BCUT2D eigenvalue weighted by atomic mass is 32.2. The molecule has 0 atom stereocenters. The number of alkyl halides is 4. The SMILES string of the molecule is O=S(=O)(C1CC1)n1cc(-c2nccc(Nc3cc(N4CCC(F)(CO)CC4)c(C#Cc4cnn(CC(F)(F)F)c4)cn3)n2)cn1. The zero-order valence-electron chi connectivity index (χ0n) is 23.6. The lowest BCUT2D eigenvalue weighted by atomic mass is 9.93. The lowest BCUT2D eigenvalue weighted by molar-refractivity contribution is -0.142. The minimum Gasteiger partial charge on any atom is -0.393 e. The van der Waals surface area contributed by atoms with Crippen molar-refractivity contribution in [2.24, 2.45) is 0 Å². The summed E-state index contributed by atoms with van der Waals surface area (Å²) in [5.41, 5.74) is 0.0475. The van der Waals surface area contributed by atoms with E-state index < -0.39 is 40.3 Å². The van der Waals surface area contributed by atoms with Crippen LogP contribution in [0.2, 0.25) is 0 Å². The number of nitrogens with zero attached hydrogens (tertiary/aromatic N) is 8. The standard InChI is InChI=1S/C28H27F4N9O3S/c29-27(18-42)6-9-39(10-7-27)23-11-25(34-13-20(23)2-1-19-12-35-40(15-19)17-28(30,31)32)37-24-5-8-33-26(38-24)21-14-36-41(16-21)45(43,44)22-3-4-22/h5,8,11-16,22,42H,3-4,6-7,9-10,17-18H2,(H,33,34,37,38). The molecule has 0 aromatic carbocycles. The maximum Gasteiger partial charge on any atom is 0.408 e. The molecule has 236 valence electrons. The van der Waals surface area contributed by atoms with E-state index in [9.17, 15) is 31.1 Å². The molecule has 1 aliphatic carbocycles. The van der Waals surface area contributed by atoms with Crippen molar-refractivity contribution >= 4 is 27.3 Å². The number of aliphatic hydroxyl groups excluding tert-OH is 1. The average Bonchev–Trinajstić information content (AvgIpc) is 3.59. The quantitative estimate of drug-likeness (QED) is 0.217. The highest BCUT2D eigenvalue weighted by molar-refractivity contribution is 7.90. The van der Waals surface area contributed by atoms with Gasteiger partial charge in [-0.2, -0.15) is 27.5 Å². The van der Waals surface area contributed by atoms with Crippen molar-refractivity contribution < 1.29 is 31.1 Å². The van der Waals surface area contributed by atoms with Crippen LogP contribution in [0.3, 0.4) is 0 Å². The molecular formula is C28H27F4N9O3S. The number of piperidine rings is 1. The summed E-state index contributed by atoms with van der Waals surface area (Å²) < 4.78 is 79.7. The molecule has 6 rings (SSSR count). The monoisotopic (exact) mass is 645 g/mol. The Morgan fingerprint density at radius 1 is 1.04 bits per heavy atom. The van der Waals surface area contributed by atoms with Gasteiger partial charge in [-0.1, -0.05) is 11.8 Å². The Morgan fingerprint density at radius 2 is 1.82 bits per heavy atom. The van der Waals surface area contributed by atoms with Crippen molar-refractivity contribution in [2.75, 3.05) is 29.9 Å². The van der Waals surface area contributed by atoms with Gasteiger partial charge in [0.05, 0.1) is 52.8 Å². The summed E-state index contributed by atoms with van der Waals surface area (Å²) in [4.78, 5) is 15.0. The number of nitrogens with one attached hydrogen (secondary N) is 1. The van der Waals surface area contributed by atoms with E-state index in [0.29, 0.717) is 41.3 Å². The Bertz CT molecular complexity index is 1870. The molecule has 0 bridgehead atoms. The molecule has 17 heteroatoms. The summed E-state index contributed by atoms with van der Waals surface area (Å²) in [6.45, 7) is -1.26. The molecule has 2 fully saturated rings. The van der Waals surface area contributed by atoms with Crippen LogP contribution in [0, 0.1) is 11.8 Å². The Hall–Kier alpha value is -4.56. The second kappa shape index (κ2) is 11.7. The molecule has 2 aliphatic rings. The minimum atomic E-state index is -4.42. The van der Waals surface area contributed by atoms with E-state index in [2.05, 4.69) is 42.3 Å². The number of aromatic nitrogens is 7. The molecule has 1 saturated carbocycles. The highest BCUT2D eigenvalue weighted by Gasteiger charge is 2.38. The van der Waals surface area contributed by atoms with Crippen LogP contribution in [0.5, 0.6) is 0 Å². The van der Waals surface area contributed by atoms with Crippen LogP contribution in [-0.4, -0.2) is 84.2 Å². The van der Waals surface area contributed by atoms with Crippen LogP contribution in [0.15, 0.2) is 49.3 Å². The summed E-state index contributed by atoms with van der Waals surface area (Å²) in [5.74, 6) is 6.72. The molecule has 0 spiro atoms. The van der Waals surface area contributed by atoms with E-state index in [1.807, 2.05) is 4.90 Å². The number of rotatable bonds is 8. The number of halogens is 4. The number of anilines is 3. The molecule has 45 heavy (non-hydrogen) atoms. The van der Waals surface area contributed by atoms with Gasteiger partial charge in [0.15, 0.2) is 5.82 Å². The van der Waals surface area contributed by atoms with E-state index in [4.69, 9.17) is 0 Å². The zero-order valence-corrected chi connectivity index (χ0v) is 24.4. The van der Waals surface area contributed by atoms with Gasteiger partial charge >= 0.3 is 6.18 Å². The van der Waals surface area contributed by atoms with Crippen molar-refractivity contribution in [1.29, 1.82) is 0 Å². The molecule has 0 amide bonds. The van der Waals surface area contributed by atoms with E-state index >= 15 is 0 Å². The van der Waals surface area contributed by atoms with Gasteiger partial charge in [-0.05, 0) is 18.9 Å². The largest absolute Gasteiger partial charge is 0.408 e. The van der Waals surface area contributed by atoms with Gasteiger partial charge in [0.25, 0.3) is 10.0 Å². The number of pyridine rings is 1. The lowest BCUT2D eigenvalue weighted by Gasteiger charge is -2.37. The Kier molecular flexibility index (Phi) is 7.95. The topological polar surface area (TPSA) is 144 Å². The summed E-state index contributed by atoms with van der Waals surface area (Å²) in [6.07, 6.45) is 5.13. The van der Waals surface area contributed by atoms with Crippen molar-refractivity contribution in [3.63, 3.8) is 0 Å². The smallest absolute Gasteiger partial charge is 0.393 e. The molecule has 0 radical (unpaired) electrons. The number of hydrogen-bond donors (Lipinski definition) is 2. The Morgan fingerprint density at radius 3 is 2.53 bits per heavy atom. The van der Waals surface area contributed by atoms with Crippen LogP contribution >= 0.6 is 0 Å². The first kappa shape index (κ1) is 30.5. The van der Waals surface area contributed by atoms with Crippen LogP contribution < -0.4 is 10.2 Å². The van der Waals surface area contributed by atoms with Gasteiger partial charge in [0, 0.05) is 50.6 Å².